The van der Waals surface area contributed by atoms with Crippen molar-refractivity contribution in [1.82, 2.24) is 5.32 Å². The van der Waals surface area contributed by atoms with Crippen LogP contribution < -0.4 is 10.6 Å². The van der Waals surface area contributed by atoms with Gasteiger partial charge in [-0.25, -0.2) is 4.99 Å². The lowest BCUT2D eigenvalue weighted by Gasteiger charge is -2.14. The van der Waals surface area contributed by atoms with E-state index in [9.17, 15) is 18.0 Å². The molecule has 0 aromatic heterocycles. The van der Waals surface area contributed by atoms with Gasteiger partial charge in [-0.15, -0.1) is 0 Å². The van der Waals surface area contributed by atoms with Crippen LogP contribution in [0.2, 0.25) is 0 Å². The van der Waals surface area contributed by atoms with Gasteiger partial charge in [-0.3, -0.25) is 4.79 Å². The van der Waals surface area contributed by atoms with Gasteiger partial charge in [0.2, 0.25) is 5.91 Å². The lowest BCUT2D eigenvalue weighted by atomic mass is 10.1. The van der Waals surface area contributed by atoms with Crippen molar-refractivity contribution < 1.29 is 18.0 Å². The monoisotopic (exact) mass is 325 g/mol. The normalized spacial score (nSPS) is 18.7. The molecule has 1 heterocycles. The van der Waals surface area contributed by atoms with Crippen LogP contribution in [0.25, 0.3) is 0 Å². The van der Waals surface area contributed by atoms with Crippen molar-refractivity contribution in [3.8, 4) is 0 Å². The van der Waals surface area contributed by atoms with E-state index in [0.717, 1.165) is 6.07 Å². The molecule has 0 fully saturated rings. The lowest BCUT2D eigenvalue weighted by molar-refractivity contribution is -0.138. The molecule has 0 radical (unpaired) electrons. The average Bonchev–Trinajstić information content (AvgIpc) is 2.58. The van der Waals surface area contributed by atoms with Crippen LogP contribution in [0.4, 0.5) is 18.9 Å². The summed E-state index contributed by atoms with van der Waals surface area (Å²) in [7, 11) is 0. The third-order valence-corrected chi connectivity index (χ3v) is 3.61. The molecule has 1 unspecified atom stereocenters. The second-order valence-electron chi connectivity index (χ2n) is 5.40. The molecule has 1 amide bonds. The Labute approximate surface area is 132 Å². The number of nitrogens with one attached hydrogen (secondary N) is 2. The van der Waals surface area contributed by atoms with Crippen molar-refractivity contribution in [2.45, 2.75) is 39.4 Å². The molecule has 1 atom stereocenters. The summed E-state index contributed by atoms with van der Waals surface area (Å²) in [4.78, 5) is 16.1. The summed E-state index contributed by atoms with van der Waals surface area (Å²) in [6.07, 6.45) is -2.50. The van der Waals surface area contributed by atoms with Crippen molar-refractivity contribution in [3.05, 3.63) is 41.2 Å². The molecule has 1 aliphatic heterocycles. The molecule has 0 saturated heterocycles. The van der Waals surface area contributed by atoms with Crippen LogP contribution in [0, 0.1) is 6.92 Å². The first-order chi connectivity index (χ1) is 10.7. The highest BCUT2D eigenvalue weighted by Crippen LogP contribution is 2.33. The number of benzene rings is 1. The van der Waals surface area contributed by atoms with E-state index in [2.05, 4.69) is 15.6 Å². The molecular weight excluding hydrogens is 307 g/mol. The highest BCUT2D eigenvalue weighted by molar-refractivity contribution is 5.98. The predicted octanol–water partition coefficient (Wildman–Crippen LogP) is 3.64. The second-order valence-corrected chi connectivity index (χ2v) is 5.40. The maximum atomic E-state index is 13.0. The zero-order valence-corrected chi connectivity index (χ0v) is 13.1. The fourth-order valence-corrected chi connectivity index (χ4v) is 2.36. The summed E-state index contributed by atoms with van der Waals surface area (Å²) >= 11 is 0. The van der Waals surface area contributed by atoms with E-state index in [1.165, 1.54) is 25.1 Å². The molecule has 0 spiro atoms. The van der Waals surface area contributed by atoms with Gasteiger partial charge in [0.25, 0.3) is 0 Å². The second kappa shape index (κ2) is 6.44. The number of aliphatic imine (C=N–C) groups is 1. The molecule has 0 aliphatic carbocycles. The van der Waals surface area contributed by atoms with Crippen molar-refractivity contribution in [3.63, 3.8) is 0 Å². The molecule has 23 heavy (non-hydrogen) atoms. The smallest absolute Gasteiger partial charge is 0.344 e. The number of hydrogen-bond acceptors (Lipinski definition) is 3. The topological polar surface area (TPSA) is 53.5 Å². The summed E-state index contributed by atoms with van der Waals surface area (Å²) in [5.74, 6) is -0.115. The molecular formula is C16H18F3N3O. The molecule has 7 heteroatoms. The number of nitrogens with zero attached hydrogens (tertiary/aromatic N) is 1. The maximum Gasteiger partial charge on any atom is 0.416 e. The van der Waals surface area contributed by atoms with Crippen molar-refractivity contribution in [2.24, 2.45) is 4.99 Å². The Bertz CT molecular complexity index is 678. The fourth-order valence-electron chi connectivity index (χ4n) is 2.36. The van der Waals surface area contributed by atoms with Gasteiger partial charge in [0.15, 0.2) is 0 Å². The van der Waals surface area contributed by atoms with E-state index >= 15 is 0 Å². The van der Waals surface area contributed by atoms with Gasteiger partial charge in [-0.2, -0.15) is 13.2 Å². The number of carbonyl (C=O) groups is 1. The number of aryl methyl sites for hydroxylation is 1. The number of alkyl halides is 3. The molecule has 1 aromatic carbocycles. The Balaban J connectivity index is 2.31. The van der Waals surface area contributed by atoms with Crippen LogP contribution in [-0.2, 0) is 11.0 Å². The minimum absolute atomic E-state index is 0.140. The van der Waals surface area contributed by atoms with E-state index in [1.54, 1.807) is 6.92 Å². The van der Waals surface area contributed by atoms with E-state index in [-0.39, 0.29) is 29.0 Å². The first kappa shape index (κ1) is 17.1. The van der Waals surface area contributed by atoms with E-state index in [4.69, 9.17) is 0 Å². The average molecular weight is 325 g/mol. The minimum Gasteiger partial charge on any atom is -0.344 e. The van der Waals surface area contributed by atoms with Crippen LogP contribution in [-0.4, -0.2) is 17.7 Å². The van der Waals surface area contributed by atoms with Crippen molar-refractivity contribution in [1.29, 1.82) is 0 Å². The number of amides is 1. The van der Waals surface area contributed by atoms with Crippen molar-refractivity contribution >= 4 is 17.3 Å². The Morgan fingerprint density at radius 3 is 2.61 bits per heavy atom. The Morgan fingerprint density at radius 1 is 1.30 bits per heavy atom. The van der Waals surface area contributed by atoms with Gasteiger partial charge in [0, 0.05) is 17.5 Å². The number of carbonyl (C=O) groups excluding carboxylic acids is 1. The minimum atomic E-state index is -4.43. The number of hydrogen-bond donors (Lipinski definition) is 2. The summed E-state index contributed by atoms with van der Waals surface area (Å²) in [6, 6.07) is 3.74. The standard InChI is InChI=1S/C16H18F3N3O/c1-4-13-10(3)20-14(8-15(23)22-13)21-11-6-5-9(2)12(7-11)16(17,18)19/h5-8,13,21H,4H2,1-3H3,(H,22,23). The third-order valence-electron chi connectivity index (χ3n) is 3.61. The Hall–Kier alpha value is -2.31. The predicted molar refractivity (Wildman–Crippen MR) is 83.2 cm³/mol. The van der Waals surface area contributed by atoms with Gasteiger partial charge >= 0.3 is 6.18 Å². The highest BCUT2D eigenvalue weighted by atomic mass is 19.4. The summed E-state index contributed by atoms with van der Waals surface area (Å²) in [5.41, 5.74) is 0.350. The molecule has 2 rings (SSSR count). The zero-order valence-electron chi connectivity index (χ0n) is 13.1. The summed E-state index contributed by atoms with van der Waals surface area (Å²) < 4.78 is 38.9. The first-order valence-electron chi connectivity index (χ1n) is 7.23. The van der Waals surface area contributed by atoms with Crippen LogP contribution in [0.1, 0.15) is 31.4 Å². The Kier molecular flexibility index (Phi) is 4.77. The van der Waals surface area contributed by atoms with E-state index < -0.39 is 11.7 Å². The third kappa shape index (κ3) is 4.12. The quantitative estimate of drug-likeness (QED) is 0.891. The number of halogens is 3. The number of rotatable bonds is 3. The molecule has 1 aromatic rings. The SMILES string of the molecule is CCC1NC(=O)C=C(Nc2ccc(C)c(C(F)(F)F)c2)N=C1C. The maximum absolute atomic E-state index is 13.0. The van der Waals surface area contributed by atoms with Crippen LogP contribution in [0.15, 0.2) is 35.1 Å². The van der Waals surface area contributed by atoms with E-state index in [0.29, 0.717) is 12.1 Å². The zero-order chi connectivity index (χ0) is 17.2. The lowest BCUT2D eigenvalue weighted by Crippen LogP contribution is -2.37. The van der Waals surface area contributed by atoms with Crippen LogP contribution >= 0.6 is 0 Å². The van der Waals surface area contributed by atoms with Gasteiger partial charge < -0.3 is 10.6 Å². The first-order valence-corrected chi connectivity index (χ1v) is 7.23. The van der Waals surface area contributed by atoms with E-state index in [1.807, 2.05) is 6.92 Å². The largest absolute Gasteiger partial charge is 0.416 e. The summed E-state index contributed by atoms with van der Waals surface area (Å²) in [6.45, 7) is 5.09. The molecule has 2 N–H and O–H groups in total. The molecule has 1 aliphatic rings. The fraction of sp³-hybridized carbons (Fsp3) is 0.375. The van der Waals surface area contributed by atoms with Crippen LogP contribution in [0.3, 0.4) is 0 Å². The molecule has 0 bridgehead atoms. The van der Waals surface area contributed by atoms with Crippen molar-refractivity contribution in [2.75, 3.05) is 5.32 Å². The van der Waals surface area contributed by atoms with Crippen LogP contribution in [0.5, 0.6) is 0 Å². The molecule has 124 valence electrons. The summed E-state index contributed by atoms with van der Waals surface area (Å²) in [5, 5.41) is 5.55. The van der Waals surface area contributed by atoms with Gasteiger partial charge in [0.1, 0.15) is 5.82 Å². The highest BCUT2D eigenvalue weighted by Gasteiger charge is 2.32. The van der Waals surface area contributed by atoms with Gasteiger partial charge in [-0.1, -0.05) is 13.0 Å². The van der Waals surface area contributed by atoms with Gasteiger partial charge in [0.05, 0.1) is 11.6 Å². The van der Waals surface area contributed by atoms with Gasteiger partial charge in [-0.05, 0) is 38.0 Å². The Morgan fingerprint density at radius 2 is 2.00 bits per heavy atom. The molecule has 4 nitrogen and oxygen atoms in total. The molecule has 0 saturated carbocycles. The number of anilines is 1.